The van der Waals surface area contributed by atoms with E-state index in [4.69, 9.17) is 14.3 Å². The van der Waals surface area contributed by atoms with Crippen LogP contribution in [0.1, 0.15) is 24.9 Å². The van der Waals surface area contributed by atoms with Crippen LogP contribution in [0.2, 0.25) is 0 Å². The quantitative estimate of drug-likeness (QED) is 0.210. The predicted molar refractivity (Wildman–Crippen MR) is 180 cm³/mol. The molecule has 12 nitrogen and oxygen atoms in total. The lowest BCUT2D eigenvalue weighted by molar-refractivity contribution is -0.129. The maximum atomic E-state index is 12.4. The van der Waals surface area contributed by atoms with E-state index in [-0.39, 0.29) is 17.9 Å². The summed E-state index contributed by atoms with van der Waals surface area (Å²) in [5.41, 5.74) is 2.98. The highest BCUT2D eigenvalue weighted by Crippen LogP contribution is 2.40. The van der Waals surface area contributed by atoms with E-state index in [0.717, 1.165) is 29.2 Å². The molecular weight excluding hydrogens is 598 g/mol. The van der Waals surface area contributed by atoms with Crippen LogP contribution in [0, 0.1) is 0 Å². The van der Waals surface area contributed by atoms with E-state index >= 15 is 0 Å². The molecule has 47 heavy (non-hydrogen) atoms. The van der Waals surface area contributed by atoms with Crippen LogP contribution >= 0.6 is 0 Å². The van der Waals surface area contributed by atoms with Crippen LogP contribution in [-0.4, -0.2) is 66.6 Å². The van der Waals surface area contributed by atoms with E-state index in [1.54, 1.807) is 25.2 Å². The molecule has 2 N–H and O–H groups in total. The topological polar surface area (TPSA) is 121 Å². The highest BCUT2D eigenvalue weighted by Gasteiger charge is 2.30. The zero-order valence-electron chi connectivity index (χ0n) is 26.4. The number of anilines is 5. The third-order valence-electron chi connectivity index (χ3n) is 8.09. The number of ether oxygens (including phenoxy) is 2. The number of rotatable bonds is 10. The minimum Gasteiger partial charge on any atom is -0.494 e. The number of amides is 2. The van der Waals surface area contributed by atoms with Gasteiger partial charge in [-0.25, -0.2) is 15.0 Å². The minimum absolute atomic E-state index is 0.0439. The molecule has 4 aromatic rings. The van der Waals surface area contributed by atoms with Crippen molar-refractivity contribution in [2.24, 2.45) is 0 Å². The molecule has 12 heteroatoms. The highest BCUT2D eigenvalue weighted by molar-refractivity contribution is 6.02. The average Bonchev–Trinajstić information content (AvgIpc) is 3.60. The molecule has 2 fully saturated rings. The van der Waals surface area contributed by atoms with Crippen molar-refractivity contribution in [2.75, 3.05) is 60.5 Å². The van der Waals surface area contributed by atoms with Crippen molar-refractivity contribution in [2.45, 2.75) is 19.4 Å². The fourth-order valence-electron chi connectivity index (χ4n) is 5.73. The molecule has 6 rings (SSSR count). The first-order valence-electron chi connectivity index (χ1n) is 15.4. The van der Waals surface area contributed by atoms with Crippen LogP contribution in [0.5, 0.6) is 17.2 Å². The number of aromatic nitrogens is 2. The Balaban J connectivity index is 1.24. The van der Waals surface area contributed by atoms with Gasteiger partial charge in [0, 0.05) is 51.7 Å². The van der Waals surface area contributed by atoms with Crippen LogP contribution in [0.3, 0.4) is 0 Å². The van der Waals surface area contributed by atoms with Crippen LogP contribution in [0.25, 0.3) is 0 Å². The number of nitrogens with zero attached hydrogens (tertiary/aromatic N) is 5. The Labute approximate surface area is 273 Å². The third-order valence-corrected chi connectivity index (χ3v) is 8.09. The van der Waals surface area contributed by atoms with E-state index < -0.39 is 0 Å². The molecule has 2 aliphatic rings. The summed E-state index contributed by atoms with van der Waals surface area (Å²) in [5, 5.41) is 8.05. The molecule has 1 aromatic heterocycles. The lowest BCUT2D eigenvalue weighted by Gasteiger charge is -2.36. The van der Waals surface area contributed by atoms with Gasteiger partial charge in [0.1, 0.15) is 29.4 Å². The summed E-state index contributed by atoms with van der Waals surface area (Å²) in [6, 6.07) is 23.0. The molecule has 0 spiro atoms. The SMILES string of the molecule is C=CC(=O)Nc1cc(Nc2cc(N3OCC[C@@H]3c3cccc(Oc4ccccc4)c3)ncn2)c(OC)cc1N1CCN(C(C)=O)CC1. The summed E-state index contributed by atoms with van der Waals surface area (Å²) in [6.07, 6.45) is 3.46. The van der Waals surface area contributed by atoms with Crippen molar-refractivity contribution < 1.29 is 23.9 Å². The molecule has 0 unspecified atom stereocenters. The van der Waals surface area contributed by atoms with Crippen LogP contribution in [0.15, 0.2) is 91.8 Å². The first kappa shape index (κ1) is 31.4. The lowest BCUT2D eigenvalue weighted by Crippen LogP contribution is -2.48. The summed E-state index contributed by atoms with van der Waals surface area (Å²) in [5.74, 6) is 2.84. The van der Waals surface area contributed by atoms with Gasteiger partial charge in [0.15, 0.2) is 5.82 Å². The van der Waals surface area contributed by atoms with E-state index in [0.29, 0.717) is 61.5 Å². The standard InChI is InChI=1S/C35H37N7O5/c1-4-35(44)39-28-20-29(32(45-3)21-31(28)41-16-14-40(15-17-41)24(2)43)38-33-22-34(37-23-36-33)42-30(13-18-46-42)25-9-8-12-27(19-25)47-26-10-6-5-7-11-26/h4-12,19-23,30H,1,13-18H2,2-3H3,(H,39,44)(H,36,37,38)/t30-/m1/s1. The Hall–Kier alpha value is -5.62. The number of carbonyl (C=O) groups excluding carboxylic acids is 2. The molecule has 3 heterocycles. The van der Waals surface area contributed by atoms with Gasteiger partial charge >= 0.3 is 0 Å². The second-order valence-electron chi connectivity index (χ2n) is 11.1. The summed E-state index contributed by atoms with van der Waals surface area (Å²) in [6.45, 7) is 8.09. The molecular formula is C35H37N7O5. The summed E-state index contributed by atoms with van der Waals surface area (Å²) in [4.78, 5) is 43.3. The first-order chi connectivity index (χ1) is 22.9. The highest BCUT2D eigenvalue weighted by atomic mass is 16.7. The Bertz CT molecular complexity index is 1740. The predicted octanol–water partition coefficient (Wildman–Crippen LogP) is 5.70. The number of carbonyl (C=O) groups is 2. The summed E-state index contributed by atoms with van der Waals surface area (Å²) in [7, 11) is 1.59. The molecule has 1 atom stereocenters. The Morgan fingerprint density at radius 1 is 0.957 bits per heavy atom. The number of hydrogen-bond acceptors (Lipinski definition) is 10. The van der Waals surface area contributed by atoms with E-state index in [1.165, 1.54) is 12.4 Å². The molecule has 2 saturated heterocycles. The largest absolute Gasteiger partial charge is 0.494 e. The van der Waals surface area contributed by atoms with E-state index in [1.807, 2.05) is 65.6 Å². The van der Waals surface area contributed by atoms with Gasteiger partial charge in [-0.05, 0) is 42.0 Å². The number of methoxy groups -OCH3 is 1. The number of piperazine rings is 1. The molecule has 0 aliphatic carbocycles. The Morgan fingerprint density at radius 2 is 1.74 bits per heavy atom. The molecule has 0 bridgehead atoms. The number of para-hydroxylation sites is 1. The molecule has 2 aliphatic heterocycles. The molecule has 3 aromatic carbocycles. The minimum atomic E-state index is -0.343. The maximum Gasteiger partial charge on any atom is 0.247 e. The van der Waals surface area contributed by atoms with Crippen molar-refractivity contribution in [3.05, 3.63) is 97.3 Å². The second-order valence-corrected chi connectivity index (χ2v) is 11.1. The second kappa shape index (κ2) is 14.2. The van der Waals surface area contributed by atoms with Gasteiger partial charge in [-0.2, -0.15) is 0 Å². The number of hydrogen-bond donors (Lipinski definition) is 2. The molecule has 2 amide bonds. The van der Waals surface area contributed by atoms with Gasteiger partial charge < -0.3 is 29.9 Å². The van der Waals surface area contributed by atoms with E-state index in [9.17, 15) is 9.59 Å². The zero-order valence-corrected chi connectivity index (χ0v) is 26.4. The van der Waals surface area contributed by atoms with Crippen molar-refractivity contribution >= 4 is 40.5 Å². The lowest BCUT2D eigenvalue weighted by atomic mass is 10.0. The third kappa shape index (κ3) is 7.28. The van der Waals surface area contributed by atoms with Crippen molar-refractivity contribution in [1.29, 1.82) is 0 Å². The van der Waals surface area contributed by atoms with Gasteiger partial charge in [0.05, 0.1) is 36.8 Å². The van der Waals surface area contributed by atoms with E-state index in [2.05, 4.69) is 38.1 Å². The van der Waals surface area contributed by atoms with Gasteiger partial charge in [-0.15, -0.1) is 0 Å². The van der Waals surface area contributed by atoms with Crippen LogP contribution < -0.4 is 30.1 Å². The van der Waals surface area contributed by atoms with Gasteiger partial charge in [-0.1, -0.05) is 36.9 Å². The van der Waals surface area contributed by atoms with Crippen molar-refractivity contribution in [3.8, 4) is 17.2 Å². The molecule has 242 valence electrons. The Kier molecular flexibility index (Phi) is 9.48. The summed E-state index contributed by atoms with van der Waals surface area (Å²) < 4.78 is 11.8. The maximum absolute atomic E-state index is 12.4. The smallest absolute Gasteiger partial charge is 0.247 e. The molecule has 0 saturated carbocycles. The number of nitrogens with one attached hydrogen (secondary N) is 2. The van der Waals surface area contributed by atoms with Crippen LogP contribution in [0.4, 0.5) is 28.7 Å². The number of benzene rings is 3. The first-order valence-corrected chi connectivity index (χ1v) is 15.4. The van der Waals surface area contributed by atoms with Gasteiger partial charge in [0.2, 0.25) is 11.8 Å². The monoisotopic (exact) mass is 635 g/mol. The normalized spacial score (nSPS) is 16.0. The number of hydroxylamine groups is 1. The Morgan fingerprint density at radius 3 is 2.49 bits per heavy atom. The average molecular weight is 636 g/mol. The van der Waals surface area contributed by atoms with Gasteiger partial charge in [-0.3, -0.25) is 14.4 Å². The van der Waals surface area contributed by atoms with Crippen molar-refractivity contribution in [1.82, 2.24) is 14.9 Å². The van der Waals surface area contributed by atoms with Crippen molar-refractivity contribution in [3.63, 3.8) is 0 Å². The fraction of sp³-hybridized carbons (Fsp3) is 0.257. The molecule has 0 radical (unpaired) electrons. The van der Waals surface area contributed by atoms with Gasteiger partial charge in [0.25, 0.3) is 0 Å². The fourth-order valence-corrected chi connectivity index (χ4v) is 5.73. The summed E-state index contributed by atoms with van der Waals surface area (Å²) >= 11 is 0. The zero-order chi connectivity index (χ0) is 32.8. The van der Waals surface area contributed by atoms with Crippen LogP contribution in [-0.2, 0) is 14.4 Å².